The van der Waals surface area contributed by atoms with E-state index in [1.807, 2.05) is 39.2 Å². The largest absolute Gasteiger partial charge is 0.356 e. The minimum atomic E-state index is -0.307. The van der Waals surface area contributed by atoms with Crippen molar-refractivity contribution in [2.45, 2.75) is 25.7 Å². The number of hydrogen-bond donors (Lipinski definition) is 1. The van der Waals surface area contributed by atoms with Crippen LogP contribution in [0.4, 0.5) is 0 Å². The lowest BCUT2D eigenvalue weighted by atomic mass is 9.96. The second-order valence-corrected chi connectivity index (χ2v) is 5.66. The first kappa shape index (κ1) is 14.7. The van der Waals surface area contributed by atoms with Crippen molar-refractivity contribution in [3.63, 3.8) is 0 Å². The molecule has 0 bridgehead atoms. The number of Topliss-reactive ketones (excluding diaryl/α,β-unsaturated/α-hetero) is 1. The molecule has 1 aromatic rings. The van der Waals surface area contributed by atoms with Gasteiger partial charge < -0.3 is 10.2 Å². The highest BCUT2D eigenvalue weighted by Gasteiger charge is 2.34. The minimum Gasteiger partial charge on any atom is -0.356 e. The van der Waals surface area contributed by atoms with Crippen molar-refractivity contribution in [2.24, 2.45) is 0 Å². The maximum atomic E-state index is 12.3. The molecule has 0 fully saturated rings. The zero-order chi connectivity index (χ0) is 14.7. The third-order valence-electron chi connectivity index (χ3n) is 3.76. The van der Waals surface area contributed by atoms with Crippen molar-refractivity contribution in [1.82, 2.24) is 10.2 Å². The average molecular weight is 274 g/mol. The Morgan fingerprint density at radius 1 is 1.40 bits per heavy atom. The van der Waals surface area contributed by atoms with Gasteiger partial charge in [0.15, 0.2) is 5.78 Å². The molecular weight excluding hydrogens is 252 g/mol. The summed E-state index contributed by atoms with van der Waals surface area (Å²) < 4.78 is 0. The first-order chi connectivity index (χ1) is 9.50. The van der Waals surface area contributed by atoms with Crippen molar-refractivity contribution in [1.29, 1.82) is 0 Å². The lowest BCUT2D eigenvalue weighted by molar-refractivity contribution is -0.122. The molecule has 0 heterocycles. The zero-order valence-corrected chi connectivity index (χ0v) is 12.4. The number of aryl methyl sites for hydroxylation is 1. The van der Waals surface area contributed by atoms with Gasteiger partial charge in [-0.15, -0.1) is 0 Å². The predicted octanol–water partition coefficient (Wildman–Crippen LogP) is 1.73. The van der Waals surface area contributed by atoms with E-state index in [-0.39, 0.29) is 17.6 Å². The van der Waals surface area contributed by atoms with E-state index >= 15 is 0 Å². The molecule has 0 aliphatic heterocycles. The summed E-state index contributed by atoms with van der Waals surface area (Å²) in [6, 6.07) is 5.66. The molecule has 0 radical (unpaired) electrons. The fourth-order valence-electron chi connectivity index (χ4n) is 2.74. The van der Waals surface area contributed by atoms with Crippen molar-refractivity contribution >= 4 is 11.7 Å². The van der Waals surface area contributed by atoms with Crippen LogP contribution in [0.5, 0.6) is 0 Å². The van der Waals surface area contributed by atoms with E-state index in [1.165, 1.54) is 0 Å². The summed E-state index contributed by atoms with van der Waals surface area (Å²) in [6.45, 7) is 3.56. The highest BCUT2D eigenvalue weighted by atomic mass is 16.2. The van der Waals surface area contributed by atoms with Crippen LogP contribution in [-0.2, 0) is 4.79 Å². The third kappa shape index (κ3) is 3.07. The molecular formula is C16H22N2O2. The van der Waals surface area contributed by atoms with Crippen LogP contribution in [0.25, 0.3) is 0 Å². The van der Waals surface area contributed by atoms with Crippen LogP contribution in [0.1, 0.15) is 40.2 Å². The maximum Gasteiger partial charge on any atom is 0.228 e. The number of ketones is 1. The second kappa shape index (κ2) is 6.18. The summed E-state index contributed by atoms with van der Waals surface area (Å²) in [5, 5.41) is 2.95. The van der Waals surface area contributed by atoms with Gasteiger partial charge in [-0.05, 0) is 45.1 Å². The van der Waals surface area contributed by atoms with E-state index < -0.39 is 0 Å². The molecule has 1 N–H and O–H groups in total. The molecule has 1 unspecified atom stereocenters. The molecule has 0 aromatic heterocycles. The number of amides is 1. The Labute approximate surface area is 120 Å². The third-order valence-corrected chi connectivity index (χ3v) is 3.76. The van der Waals surface area contributed by atoms with Crippen molar-refractivity contribution in [3.05, 3.63) is 34.9 Å². The number of rotatable bonds is 5. The Morgan fingerprint density at radius 2 is 2.15 bits per heavy atom. The number of carbonyl (C=O) groups excluding carboxylic acids is 2. The van der Waals surface area contributed by atoms with Crippen molar-refractivity contribution in [2.75, 3.05) is 27.2 Å². The summed E-state index contributed by atoms with van der Waals surface area (Å²) in [5.74, 6) is -0.250. The number of nitrogens with one attached hydrogen (secondary N) is 1. The fraction of sp³-hybridized carbons (Fsp3) is 0.500. The molecule has 4 nitrogen and oxygen atoms in total. The number of hydrogen-bond acceptors (Lipinski definition) is 3. The van der Waals surface area contributed by atoms with Gasteiger partial charge in [-0.2, -0.15) is 0 Å². The van der Waals surface area contributed by atoms with Crippen molar-refractivity contribution < 1.29 is 9.59 Å². The first-order valence-electron chi connectivity index (χ1n) is 7.06. The molecule has 0 spiro atoms. The Morgan fingerprint density at radius 3 is 2.85 bits per heavy atom. The van der Waals surface area contributed by atoms with Gasteiger partial charge in [0.2, 0.25) is 5.91 Å². The van der Waals surface area contributed by atoms with Gasteiger partial charge in [0.05, 0.1) is 5.92 Å². The lowest BCUT2D eigenvalue weighted by Crippen LogP contribution is -2.31. The second-order valence-electron chi connectivity index (χ2n) is 5.66. The predicted molar refractivity (Wildman–Crippen MR) is 79.0 cm³/mol. The molecule has 0 saturated heterocycles. The zero-order valence-electron chi connectivity index (χ0n) is 12.4. The highest BCUT2D eigenvalue weighted by Crippen LogP contribution is 2.35. The Hall–Kier alpha value is -1.68. The summed E-state index contributed by atoms with van der Waals surface area (Å²) in [4.78, 5) is 26.3. The molecule has 1 aromatic carbocycles. The van der Waals surface area contributed by atoms with Gasteiger partial charge in [-0.25, -0.2) is 0 Å². The van der Waals surface area contributed by atoms with E-state index in [0.717, 1.165) is 29.7 Å². The van der Waals surface area contributed by atoms with Gasteiger partial charge in [-0.1, -0.05) is 18.2 Å². The van der Waals surface area contributed by atoms with Crippen LogP contribution in [0, 0.1) is 6.92 Å². The van der Waals surface area contributed by atoms with E-state index in [4.69, 9.17) is 0 Å². The standard InChI is InChI=1S/C16H22N2O2/c1-11-6-4-7-12-14(19)10-13(15(11)12)16(20)17-8-5-9-18(2)3/h4,6-7,13H,5,8-10H2,1-3H3,(H,17,20). The molecule has 1 amide bonds. The van der Waals surface area contributed by atoms with Crippen LogP contribution < -0.4 is 5.32 Å². The minimum absolute atomic E-state index is 0.0230. The van der Waals surface area contributed by atoms with Crippen LogP contribution in [0.2, 0.25) is 0 Å². The van der Waals surface area contributed by atoms with Gasteiger partial charge in [0.1, 0.15) is 0 Å². The highest BCUT2D eigenvalue weighted by molar-refractivity contribution is 6.07. The summed E-state index contributed by atoms with van der Waals surface area (Å²) in [5.41, 5.74) is 2.67. The van der Waals surface area contributed by atoms with Crippen LogP contribution in [0.3, 0.4) is 0 Å². The molecule has 20 heavy (non-hydrogen) atoms. The summed E-state index contributed by atoms with van der Waals surface area (Å²) in [6.07, 6.45) is 1.22. The van der Waals surface area contributed by atoms with Gasteiger partial charge in [0.25, 0.3) is 0 Å². The number of carbonyl (C=O) groups is 2. The molecule has 1 aliphatic rings. The number of nitrogens with zero attached hydrogens (tertiary/aromatic N) is 1. The number of fused-ring (bicyclic) bond motifs is 1. The molecule has 4 heteroatoms. The SMILES string of the molecule is Cc1cccc2c1C(C(=O)NCCCN(C)C)CC2=O. The van der Waals surface area contributed by atoms with E-state index in [2.05, 4.69) is 10.2 Å². The first-order valence-corrected chi connectivity index (χ1v) is 7.06. The van der Waals surface area contributed by atoms with E-state index in [1.54, 1.807) is 0 Å². The van der Waals surface area contributed by atoms with Gasteiger partial charge in [-0.3, -0.25) is 9.59 Å². The van der Waals surface area contributed by atoms with E-state index in [0.29, 0.717) is 13.0 Å². The van der Waals surface area contributed by atoms with E-state index in [9.17, 15) is 9.59 Å². The Bertz CT molecular complexity index is 523. The van der Waals surface area contributed by atoms with Crippen LogP contribution >= 0.6 is 0 Å². The molecule has 1 atom stereocenters. The Kier molecular flexibility index (Phi) is 4.55. The lowest BCUT2D eigenvalue weighted by Gasteiger charge is -2.14. The van der Waals surface area contributed by atoms with Gasteiger partial charge >= 0.3 is 0 Å². The number of benzene rings is 1. The normalized spacial score (nSPS) is 17.4. The molecule has 108 valence electrons. The molecule has 1 aliphatic carbocycles. The van der Waals surface area contributed by atoms with Crippen LogP contribution in [-0.4, -0.2) is 43.8 Å². The monoisotopic (exact) mass is 274 g/mol. The molecule has 2 rings (SSSR count). The average Bonchev–Trinajstić information content (AvgIpc) is 2.73. The quantitative estimate of drug-likeness (QED) is 0.832. The molecule has 0 saturated carbocycles. The fourth-order valence-corrected chi connectivity index (χ4v) is 2.74. The van der Waals surface area contributed by atoms with Gasteiger partial charge in [0, 0.05) is 18.5 Å². The topological polar surface area (TPSA) is 49.4 Å². The summed E-state index contributed by atoms with van der Waals surface area (Å²) in [7, 11) is 4.02. The maximum absolute atomic E-state index is 12.3. The van der Waals surface area contributed by atoms with Crippen molar-refractivity contribution in [3.8, 4) is 0 Å². The smallest absolute Gasteiger partial charge is 0.228 e. The van der Waals surface area contributed by atoms with Crippen LogP contribution in [0.15, 0.2) is 18.2 Å². The summed E-state index contributed by atoms with van der Waals surface area (Å²) >= 11 is 0. The Balaban J connectivity index is 2.01.